The quantitative estimate of drug-likeness (QED) is 0.664. The Morgan fingerprint density at radius 3 is 2.58 bits per heavy atom. The van der Waals surface area contributed by atoms with Crippen molar-refractivity contribution in [2.75, 3.05) is 14.2 Å². The maximum atomic E-state index is 12.5. The van der Waals surface area contributed by atoms with Gasteiger partial charge in [0.2, 0.25) is 10.0 Å². The van der Waals surface area contributed by atoms with Crippen LogP contribution in [0.1, 0.15) is 20.8 Å². The molecule has 2 rings (SSSR count). The number of primary sulfonamides is 1. The third-order valence-corrected chi connectivity index (χ3v) is 6.05. The molecular formula is C17H20N2O5S2. The van der Waals surface area contributed by atoms with E-state index in [1.54, 1.807) is 24.3 Å². The summed E-state index contributed by atoms with van der Waals surface area (Å²) in [5, 5.41) is 7.83. The van der Waals surface area contributed by atoms with E-state index in [1.807, 2.05) is 0 Å². The van der Waals surface area contributed by atoms with Crippen molar-refractivity contribution in [1.82, 2.24) is 5.32 Å². The maximum Gasteiger partial charge on any atom is 0.251 e. The Bertz CT molecular complexity index is 919. The second kappa shape index (κ2) is 8.35. The molecule has 0 spiro atoms. The molecule has 0 bridgehead atoms. The molecule has 0 saturated carbocycles. The molecule has 0 aliphatic carbocycles. The van der Waals surface area contributed by atoms with Gasteiger partial charge in [0.1, 0.15) is 4.21 Å². The van der Waals surface area contributed by atoms with Crippen LogP contribution in [0.25, 0.3) is 0 Å². The van der Waals surface area contributed by atoms with Gasteiger partial charge in [-0.2, -0.15) is 0 Å². The summed E-state index contributed by atoms with van der Waals surface area (Å²) < 4.78 is 33.3. The number of hydrogen-bond acceptors (Lipinski definition) is 6. The summed E-state index contributed by atoms with van der Waals surface area (Å²) in [6, 6.07) is 6.33. The molecule has 0 radical (unpaired) electrons. The van der Waals surface area contributed by atoms with E-state index < -0.39 is 10.0 Å². The number of rotatable bonds is 8. The Morgan fingerprint density at radius 1 is 1.31 bits per heavy atom. The second-order valence-electron chi connectivity index (χ2n) is 5.31. The molecule has 0 fully saturated rings. The monoisotopic (exact) mass is 396 g/mol. The summed E-state index contributed by atoms with van der Waals surface area (Å²) >= 11 is 1.02. The molecule has 3 N–H and O–H groups in total. The molecule has 0 aliphatic rings. The van der Waals surface area contributed by atoms with E-state index in [0.29, 0.717) is 28.4 Å². The predicted octanol–water partition coefficient (Wildman–Crippen LogP) is 2.07. The number of amides is 1. The Morgan fingerprint density at radius 2 is 2.04 bits per heavy atom. The van der Waals surface area contributed by atoms with E-state index in [9.17, 15) is 13.2 Å². The van der Waals surface area contributed by atoms with Crippen molar-refractivity contribution in [2.24, 2.45) is 5.14 Å². The molecule has 0 unspecified atom stereocenters. The third-order valence-electron chi connectivity index (χ3n) is 3.52. The van der Waals surface area contributed by atoms with Crippen molar-refractivity contribution in [3.8, 4) is 11.5 Å². The largest absolute Gasteiger partial charge is 0.493 e. The van der Waals surface area contributed by atoms with E-state index in [4.69, 9.17) is 14.6 Å². The van der Waals surface area contributed by atoms with Crippen LogP contribution in [0.2, 0.25) is 0 Å². The number of benzene rings is 1. The van der Waals surface area contributed by atoms with Gasteiger partial charge in [-0.1, -0.05) is 6.08 Å². The lowest BCUT2D eigenvalue weighted by Gasteiger charge is -2.14. The number of thiophene rings is 1. The molecule has 1 aromatic carbocycles. The highest BCUT2D eigenvalue weighted by Gasteiger charge is 2.16. The van der Waals surface area contributed by atoms with E-state index in [1.165, 1.54) is 20.3 Å². The first-order valence-corrected chi connectivity index (χ1v) is 9.92. The minimum absolute atomic E-state index is 0.0566. The fraction of sp³-hybridized carbons (Fsp3) is 0.235. The molecular weight excluding hydrogens is 376 g/mol. The summed E-state index contributed by atoms with van der Waals surface area (Å²) in [6.07, 6.45) is 2.22. The van der Waals surface area contributed by atoms with Gasteiger partial charge in [-0.25, -0.2) is 13.6 Å². The van der Waals surface area contributed by atoms with Gasteiger partial charge in [0.05, 0.1) is 20.8 Å². The van der Waals surface area contributed by atoms with Crippen LogP contribution in [0.3, 0.4) is 0 Å². The number of sulfonamides is 1. The molecule has 1 aromatic heterocycles. The highest BCUT2D eigenvalue weighted by Crippen LogP contribution is 2.33. The Kier molecular flexibility index (Phi) is 6.41. The van der Waals surface area contributed by atoms with Gasteiger partial charge in [0.25, 0.3) is 5.91 Å². The summed E-state index contributed by atoms with van der Waals surface area (Å²) in [5.74, 6) is 0.687. The van der Waals surface area contributed by atoms with Crippen molar-refractivity contribution in [3.05, 3.63) is 52.9 Å². The Hall–Kier alpha value is -2.36. The van der Waals surface area contributed by atoms with Crippen molar-refractivity contribution >= 4 is 27.3 Å². The van der Waals surface area contributed by atoms with E-state index in [-0.39, 0.29) is 16.7 Å². The number of methoxy groups -OCH3 is 2. The van der Waals surface area contributed by atoms with Crippen LogP contribution < -0.4 is 19.9 Å². The van der Waals surface area contributed by atoms with Crippen LogP contribution in [-0.4, -0.2) is 28.5 Å². The molecule has 140 valence electrons. The molecule has 0 atom stereocenters. The first kappa shape index (κ1) is 20.0. The average Bonchev–Trinajstić information content (AvgIpc) is 3.08. The molecule has 1 heterocycles. The molecule has 1 amide bonds. The van der Waals surface area contributed by atoms with Crippen LogP contribution in [0.15, 0.2) is 41.1 Å². The van der Waals surface area contributed by atoms with Gasteiger partial charge in [0, 0.05) is 16.0 Å². The van der Waals surface area contributed by atoms with Gasteiger partial charge in [0.15, 0.2) is 11.5 Å². The third kappa shape index (κ3) is 4.63. The van der Waals surface area contributed by atoms with Crippen molar-refractivity contribution in [1.29, 1.82) is 0 Å². The molecule has 0 aliphatic heterocycles. The van der Waals surface area contributed by atoms with Crippen LogP contribution >= 0.6 is 11.3 Å². The molecule has 7 nitrogen and oxygen atoms in total. The van der Waals surface area contributed by atoms with Gasteiger partial charge < -0.3 is 14.8 Å². The summed E-state index contributed by atoms with van der Waals surface area (Å²) in [5.41, 5.74) is 1.18. The van der Waals surface area contributed by atoms with Crippen molar-refractivity contribution < 1.29 is 22.7 Å². The number of allylic oxidation sites excluding steroid dienone is 1. The fourth-order valence-corrected chi connectivity index (χ4v) is 4.08. The van der Waals surface area contributed by atoms with Crippen LogP contribution in [0.4, 0.5) is 0 Å². The number of carbonyl (C=O) groups excluding carboxylic acids is 1. The first-order chi connectivity index (χ1) is 12.3. The SMILES string of the molecule is C=CCc1cc(C(=O)NCc2ccc(S(N)(=O)=O)s2)cc(OC)c1OC. The Labute approximate surface area is 156 Å². The van der Waals surface area contributed by atoms with Crippen LogP contribution in [0.5, 0.6) is 11.5 Å². The molecule has 26 heavy (non-hydrogen) atoms. The van der Waals surface area contributed by atoms with E-state index >= 15 is 0 Å². The van der Waals surface area contributed by atoms with E-state index in [0.717, 1.165) is 16.9 Å². The minimum Gasteiger partial charge on any atom is -0.493 e. The fourth-order valence-electron chi connectivity index (χ4n) is 2.36. The van der Waals surface area contributed by atoms with Crippen molar-refractivity contribution in [2.45, 2.75) is 17.2 Å². The highest BCUT2D eigenvalue weighted by molar-refractivity contribution is 7.91. The standard InChI is InChI=1S/C17H20N2O5S2/c1-4-5-11-8-12(9-14(23-2)16(11)24-3)17(20)19-10-13-6-7-15(25-13)26(18,21)22/h4,6-9H,1,5,10H2,2-3H3,(H,19,20)(H2,18,21,22). The zero-order chi connectivity index (χ0) is 19.3. The van der Waals surface area contributed by atoms with Gasteiger partial charge in [-0.05, 0) is 30.7 Å². The molecule has 0 saturated heterocycles. The number of nitrogens with two attached hydrogens (primary N) is 1. The second-order valence-corrected chi connectivity index (χ2v) is 8.27. The van der Waals surface area contributed by atoms with Gasteiger partial charge in [-0.15, -0.1) is 17.9 Å². The highest BCUT2D eigenvalue weighted by atomic mass is 32.2. The summed E-state index contributed by atoms with van der Waals surface area (Å²) in [7, 11) is -0.706. The van der Waals surface area contributed by atoms with Crippen LogP contribution in [0, 0.1) is 0 Å². The first-order valence-electron chi connectivity index (χ1n) is 7.55. The van der Waals surface area contributed by atoms with Gasteiger partial charge >= 0.3 is 0 Å². The zero-order valence-corrected chi connectivity index (χ0v) is 16.1. The zero-order valence-electron chi connectivity index (χ0n) is 14.4. The Balaban J connectivity index is 2.20. The lowest BCUT2D eigenvalue weighted by molar-refractivity contribution is 0.0950. The average molecular weight is 396 g/mol. The number of hydrogen-bond donors (Lipinski definition) is 2. The predicted molar refractivity (Wildman–Crippen MR) is 100 cm³/mol. The topological polar surface area (TPSA) is 108 Å². The molecule has 2 aromatic rings. The van der Waals surface area contributed by atoms with Gasteiger partial charge in [-0.3, -0.25) is 4.79 Å². The van der Waals surface area contributed by atoms with Crippen molar-refractivity contribution in [3.63, 3.8) is 0 Å². The lowest BCUT2D eigenvalue weighted by Crippen LogP contribution is -2.22. The molecule has 9 heteroatoms. The lowest BCUT2D eigenvalue weighted by atomic mass is 10.0. The summed E-state index contributed by atoms with van der Waals surface area (Å²) in [4.78, 5) is 13.1. The van der Waals surface area contributed by atoms with E-state index in [2.05, 4.69) is 11.9 Å². The summed E-state index contributed by atoms with van der Waals surface area (Å²) in [6.45, 7) is 3.89. The number of ether oxygens (including phenoxy) is 2. The maximum absolute atomic E-state index is 12.5. The normalized spacial score (nSPS) is 11.0. The number of carbonyl (C=O) groups is 1. The number of nitrogens with one attached hydrogen (secondary N) is 1. The smallest absolute Gasteiger partial charge is 0.251 e. The minimum atomic E-state index is -3.74. The van der Waals surface area contributed by atoms with Crippen LogP contribution in [-0.2, 0) is 23.0 Å².